The number of alkyl carbamates (subject to hydrolysis) is 1. The fourth-order valence-electron chi connectivity index (χ4n) is 6.69. The molecule has 258 valence electrons. The third kappa shape index (κ3) is 9.09. The summed E-state index contributed by atoms with van der Waals surface area (Å²) in [6, 6.07) is -0.588. The van der Waals surface area contributed by atoms with Gasteiger partial charge in [-0.05, 0) is 52.9 Å². The van der Waals surface area contributed by atoms with E-state index in [1.165, 1.54) is 22.2 Å². The fraction of sp³-hybridized carbons (Fsp3) is 0.781. The van der Waals surface area contributed by atoms with Crippen LogP contribution >= 0.6 is 11.8 Å². The van der Waals surface area contributed by atoms with E-state index < -0.39 is 35.9 Å². The molecular weight excluding hydrogens is 618 g/mol. The Balaban J connectivity index is 1.15. The molecule has 3 aliphatic heterocycles. The molecule has 13 nitrogen and oxygen atoms in total. The summed E-state index contributed by atoms with van der Waals surface area (Å²) in [5, 5.41) is 5.11. The van der Waals surface area contributed by atoms with Crippen LogP contribution in [0.1, 0.15) is 66.2 Å². The summed E-state index contributed by atoms with van der Waals surface area (Å²) in [6.45, 7) is 8.91. The number of Topliss-reactive ketones (excluding diaryl/α,β-unsaturated/α-hetero) is 1. The minimum absolute atomic E-state index is 0.00271. The molecule has 4 aliphatic rings. The molecule has 1 unspecified atom stereocenters. The number of amides is 4. The maximum atomic E-state index is 12.7. The fourth-order valence-corrected chi connectivity index (χ4v) is 7.34. The summed E-state index contributed by atoms with van der Waals surface area (Å²) in [5.74, 6) is -0.863. The van der Waals surface area contributed by atoms with Crippen molar-refractivity contribution in [2.45, 2.75) is 102 Å². The number of thioether (sulfide) groups is 1. The zero-order valence-corrected chi connectivity index (χ0v) is 28.4. The lowest BCUT2D eigenvalue weighted by atomic mass is 9.68. The highest BCUT2D eigenvalue weighted by atomic mass is 32.2. The molecule has 4 rings (SSSR count). The van der Waals surface area contributed by atoms with Gasteiger partial charge >= 0.3 is 6.09 Å². The van der Waals surface area contributed by atoms with Gasteiger partial charge in [-0.15, -0.1) is 0 Å². The van der Waals surface area contributed by atoms with Crippen molar-refractivity contribution in [2.24, 2.45) is 5.92 Å². The lowest BCUT2D eigenvalue weighted by Gasteiger charge is -2.42. The minimum Gasteiger partial charge on any atom is -0.443 e. The van der Waals surface area contributed by atoms with Crippen LogP contribution in [-0.4, -0.2) is 122 Å². The first-order valence-electron chi connectivity index (χ1n) is 16.2. The molecule has 3 heterocycles. The van der Waals surface area contributed by atoms with Crippen molar-refractivity contribution in [1.29, 1.82) is 0 Å². The number of nitrogens with one attached hydrogen (secondary N) is 2. The van der Waals surface area contributed by atoms with Gasteiger partial charge in [-0.25, -0.2) is 4.79 Å². The number of carbonyl (C=O) groups excluding carboxylic acids is 5. The standard InChI is InChI=1S/C32H49N3O10S/c1-6-21(36)16-42-17-26(38)35-14-7-8-22(35)29(39)33-13-15-46-18-25(37)34-30(40)44-23-11-12-32(19-43-32)28(27(23)41-5)31(4)24(45-31)10-9-20(2)3/h9,22-24,27-28H,6-8,10-19H2,1-5H3,(H,33,39)(H,34,37,40)/t22-,23+,24+,27+,28+,31?,32-/m0/s1. The monoisotopic (exact) mass is 667 g/mol. The van der Waals surface area contributed by atoms with Crippen LogP contribution in [0.15, 0.2) is 11.6 Å². The third-order valence-corrected chi connectivity index (χ3v) is 10.2. The van der Waals surface area contributed by atoms with Crippen molar-refractivity contribution >= 4 is 41.4 Å². The first-order chi connectivity index (χ1) is 21.9. The molecule has 4 fully saturated rings. The molecule has 0 radical (unpaired) electrons. The SMILES string of the molecule is CCC(=O)COCC(=O)N1CCC[C@H]1C(=O)NCCSCC(=O)NC(=O)O[C@@H]1CC[C@]2(CO2)[C@@H](C2(C)O[C@@H]2CC=C(C)C)[C@@H]1OC. The predicted octanol–water partition coefficient (Wildman–Crippen LogP) is 2.15. The van der Waals surface area contributed by atoms with Gasteiger partial charge in [-0.1, -0.05) is 18.6 Å². The van der Waals surface area contributed by atoms with Gasteiger partial charge in [-0.3, -0.25) is 24.5 Å². The van der Waals surface area contributed by atoms with Crippen LogP contribution < -0.4 is 10.6 Å². The summed E-state index contributed by atoms with van der Waals surface area (Å²) in [6.07, 6.45) is 4.00. The molecule has 1 aliphatic carbocycles. The highest BCUT2D eigenvalue weighted by Gasteiger charge is 2.72. The molecule has 7 atom stereocenters. The molecule has 3 saturated heterocycles. The summed E-state index contributed by atoms with van der Waals surface area (Å²) < 4.78 is 28.9. The van der Waals surface area contributed by atoms with Crippen molar-refractivity contribution in [2.75, 3.05) is 51.5 Å². The van der Waals surface area contributed by atoms with Crippen molar-refractivity contribution in [1.82, 2.24) is 15.5 Å². The van der Waals surface area contributed by atoms with E-state index in [2.05, 4.69) is 37.5 Å². The second-order valence-corrected chi connectivity index (χ2v) is 13.9. The Labute approximate surface area is 275 Å². The van der Waals surface area contributed by atoms with Crippen LogP contribution in [0.2, 0.25) is 0 Å². The van der Waals surface area contributed by atoms with Gasteiger partial charge in [0.1, 0.15) is 42.7 Å². The molecule has 46 heavy (non-hydrogen) atoms. The molecule has 0 aromatic carbocycles. The number of rotatable bonds is 16. The van der Waals surface area contributed by atoms with Crippen molar-refractivity contribution in [3.8, 4) is 0 Å². The highest BCUT2D eigenvalue weighted by Crippen LogP contribution is 2.59. The van der Waals surface area contributed by atoms with Gasteiger partial charge in [0.15, 0.2) is 5.78 Å². The van der Waals surface area contributed by atoms with E-state index in [4.69, 9.17) is 23.7 Å². The summed E-state index contributed by atoms with van der Waals surface area (Å²) in [7, 11) is 1.60. The highest BCUT2D eigenvalue weighted by molar-refractivity contribution is 7.99. The van der Waals surface area contributed by atoms with Gasteiger partial charge in [0.2, 0.25) is 17.7 Å². The largest absolute Gasteiger partial charge is 0.443 e. The number of epoxide rings is 2. The van der Waals surface area contributed by atoms with E-state index >= 15 is 0 Å². The Morgan fingerprint density at radius 1 is 1.13 bits per heavy atom. The number of ether oxygens (including phenoxy) is 5. The Bertz CT molecular complexity index is 1170. The molecule has 0 aromatic rings. The van der Waals surface area contributed by atoms with Crippen molar-refractivity contribution in [3.63, 3.8) is 0 Å². The smallest absolute Gasteiger partial charge is 0.414 e. The number of carbonyl (C=O) groups is 5. The molecule has 14 heteroatoms. The number of ketones is 1. The lowest BCUT2D eigenvalue weighted by Crippen LogP contribution is -2.56. The number of imide groups is 1. The molecule has 2 N–H and O–H groups in total. The summed E-state index contributed by atoms with van der Waals surface area (Å²) in [5.41, 5.74) is 0.421. The minimum atomic E-state index is -0.825. The lowest BCUT2D eigenvalue weighted by molar-refractivity contribution is -0.143. The quantitative estimate of drug-likeness (QED) is 0.141. The number of methoxy groups -OCH3 is 1. The van der Waals surface area contributed by atoms with Crippen LogP contribution in [0.5, 0.6) is 0 Å². The first-order valence-corrected chi connectivity index (χ1v) is 17.3. The van der Waals surface area contributed by atoms with E-state index in [0.29, 0.717) is 57.6 Å². The average Bonchev–Trinajstić information content (AvgIpc) is 3.86. The number of hydrogen-bond donors (Lipinski definition) is 2. The molecule has 0 bridgehead atoms. The number of hydrogen-bond acceptors (Lipinski definition) is 11. The van der Waals surface area contributed by atoms with Gasteiger partial charge in [0, 0.05) is 32.4 Å². The van der Waals surface area contributed by atoms with E-state index in [0.717, 1.165) is 6.42 Å². The normalized spacial score (nSPS) is 31.2. The first kappa shape index (κ1) is 36.3. The van der Waals surface area contributed by atoms with E-state index in [1.807, 2.05) is 0 Å². The van der Waals surface area contributed by atoms with E-state index in [1.54, 1.807) is 14.0 Å². The Kier molecular flexibility index (Phi) is 12.7. The van der Waals surface area contributed by atoms with E-state index in [9.17, 15) is 24.0 Å². The molecule has 1 saturated carbocycles. The van der Waals surface area contributed by atoms with Gasteiger partial charge in [0.25, 0.3) is 0 Å². The molecular formula is C32H49N3O10S. The second kappa shape index (κ2) is 16.1. The van der Waals surface area contributed by atoms with E-state index in [-0.39, 0.29) is 54.2 Å². The molecule has 4 amide bonds. The van der Waals surface area contributed by atoms with Crippen LogP contribution in [0, 0.1) is 5.92 Å². The van der Waals surface area contributed by atoms with Gasteiger partial charge < -0.3 is 33.9 Å². The summed E-state index contributed by atoms with van der Waals surface area (Å²) in [4.78, 5) is 63.2. The predicted molar refractivity (Wildman–Crippen MR) is 169 cm³/mol. The van der Waals surface area contributed by atoms with Gasteiger partial charge in [0.05, 0.1) is 24.4 Å². The maximum Gasteiger partial charge on any atom is 0.414 e. The zero-order valence-electron chi connectivity index (χ0n) is 27.6. The van der Waals surface area contributed by atoms with Crippen LogP contribution in [0.4, 0.5) is 4.79 Å². The Morgan fingerprint density at radius 2 is 1.89 bits per heavy atom. The number of likely N-dealkylation sites (tertiary alicyclic amines) is 1. The van der Waals surface area contributed by atoms with Crippen molar-refractivity contribution < 1.29 is 47.7 Å². The van der Waals surface area contributed by atoms with Crippen molar-refractivity contribution in [3.05, 3.63) is 11.6 Å². The Hall–Kier alpha value is -2.52. The van der Waals surface area contributed by atoms with Gasteiger partial charge in [-0.2, -0.15) is 11.8 Å². The van der Waals surface area contributed by atoms with Crippen LogP contribution in [-0.2, 0) is 42.9 Å². The van der Waals surface area contributed by atoms with Crippen LogP contribution in [0.25, 0.3) is 0 Å². The number of nitrogens with zero attached hydrogens (tertiary/aromatic N) is 1. The average molecular weight is 668 g/mol. The zero-order chi connectivity index (χ0) is 33.5. The second-order valence-electron chi connectivity index (χ2n) is 12.8. The number of allylic oxidation sites excluding steroid dienone is 1. The maximum absolute atomic E-state index is 12.7. The van der Waals surface area contributed by atoms with Crippen LogP contribution in [0.3, 0.4) is 0 Å². The molecule has 1 spiro atoms. The molecule has 0 aromatic heterocycles. The topological polar surface area (TPSA) is 165 Å². The summed E-state index contributed by atoms with van der Waals surface area (Å²) >= 11 is 1.26. The Morgan fingerprint density at radius 3 is 2.57 bits per heavy atom. The third-order valence-electron chi connectivity index (χ3n) is 9.27.